The number of carbonyl (C=O) groups is 2. The normalized spacial score (nSPS) is 39.8. The molecule has 0 bridgehead atoms. The standard InChI is InChI=1S/C21H30O5/c1-13-5-8-16-20(2,11-9-17(22)21(16,3)19(24)25-4)15(13)7-6-14-10-12-26-18(14)23/h10,15-17,22H,1,5-9,11-12H2,2-4H3/t15-,16+,17-,20+,21+/m1/s1. The number of methoxy groups -OCH3 is 1. The van der Waals surface area contributed by atoms with Gasteiger partial charge in [-0.25, -0.2) is 4.79 Å². The van der Waals surface area contributed by atoms with Crippen molar-refractivity contribution in [2.24, 2.45) is 22.7 Å². The molecular weight excluding hydrogens is 332 g/mol. The first-order valence-corrected chi connectivity index (χ1v) is 9.55. The maximum atomic E-state index is 12.6. The van der Waals surface area contributed by atoms with Gasteiger partial charge >= 0.3 is 11.9 Å². The van der Waals surface area contributed by atoms with Gasteiger partial charge in [0, 0.05) is 5.57 Å². The number of esters is 2. The molecule has 0 aromatic rings. The van der Waals surface area contributed by atoms with Gasteiger partial charge < -0.3 is 14.6 Å². The van der Waals surface area contributed by atoms with Gasteiger partial charge in [-0.05, 0) is 68.8 Å². The molecule has 144 valence electrons. The first-order chi connectivity index (χ1) is 12.2. The minimum atomic E-state index is -0.897. The summed E-state index contributed by atoms with van der Waals surface area (Å²) in [4.78, 5) is 24.4. The van der Waals surface area contributed by atoms with Crippen LogP contribution < -0.4 is 0 Å². The monoisotopic (exact) mass is 362 g/mol. The van der Waals surface area contributed by atoms with Crippen molar-refractivity contribution in [2.75, 3.05) is 13.7 Å². The zero-order chi connectivity index (χ0) is 19.1. The molecule has 1 N–H and O–H groups in total. The second-order valence-electron chi connectivity index (χ2n) is 8.50. The van der Waals surface area contributed by atoms with Crippen molar-refractivity contribution in [3.05, 3.63) is 23.8 Å². The molecule has 0 saturated heterocycles. The fourth-order valence-corrected chi connectivity index (χ4v) is 5.79. The molecule has 0 amide bonds. The maximum absolute atomic E-state index is 12.6. The number of aliphatic hydroxyl groups is 1. The molecule has 5 atom stereocenters. The van der Waals surface area contributed by atoms with E-state index in [-0.39, 0.29) is 29.2 Å². The number of hydrogen-bond acceptors (Lipinski definition) is 5. The minimum Gasteiger partial charge on any atom is -0.469 e. The fourth-order valence-electron chi connectivity index (χ4n) is 5.79. The molecular formula is C21H30O5. The average molecular weight is 362 g/mol. The highest BCUT2D eigenvalue weighted by molar-refractivity contribution is 5.90. The molecule has 1 heterocycles. The van der Waals surface area contributed by atoms with Crippen molar-refractivity contribution in [3.8, 4) is 0 Å². The van der Waals surface area contributed by atoms with Crippen LogP contribution in [0.25, 0.3) is 0 Å². The van der Waals surface area contributed by atoms with E-state index >= 15 is 0 Å². The van der Waals surface area contributed by atoms with Gasteiger partial charge in [0.25, 0.3) is 0 Å². The summed E-state index contributed by atoms with van der Waals surface area (Å²) in [7, 11) is 1.39. The Hall–Kier alpha value is -1.62. The van der Waals surface area contributed by atoms with E-state index in [0.29, 0.717) is 19.4 Å². The van der Waals surface area contributed by atoms with E-state index in [1.165, 1.54) is 12.7 Å². The molecule has 2 saturated carbocycles. The highest BCUT2D eigenvalue weighted by Crippen LogP contribution is 2.62. The third-order valence-corrected chi connectivity index (χ3v) is 7.35. The highest BCUT2D eigenvalue weighted by atomic mass is 16.5. The topological polar surface area (TPSA) is 72.8 Å². The van der Waals surface area contributed by atoms with E-state index < -0.39 is 11.5 Å². The second-order valence-corrected chi connectivity index (χ2v) is 8.50. The molecule has 0 radical (unpaired) electrons. The Morgan fingerprint density at radius 1 is 1.42 bits per heavy atom. The second kappa shape index (κ2) is 6.84. The van der Waals surface area contributed by atoms with Crippen LogP contribution in [0.5, 0.6) is 0 Å². The summed E-state index contributed by atoms with van der Waals surface area (Å²) in [6, 6.07) is 0. The average Bonchev–Trinajstić information content (AvgIpc) is 3.02. The van der Waals surface area contributed by atoms with E-state index in [0.717, 1.165) is 31.3 Å². The first kappa shape index (κ1) is 19.2. The van der Waals surface area contributed by atoms with Crippen molar-refractivity contribution < 1.29 is 24.2 Å². The summed E-state index contributed by atoms with van der Waals surface area (Å²) in [5.74, 6) is -0.293. The summed E-state index contributed by atoms with van der Waals surface area (Å²) in [6.07, 6.45) is 5.76. The Morgan fingerprint density at radius 2 is 2.15 bits per heavy atom. The van der Waals surface area contributed by atoms with E-state index in [4.69, 9.17) is 9.47 Å². The Morgan fingerprint density at radius 3 is 2.77 bits per heavy atom. The molecule has 3 aliphatic rings. The molecule has 5 heteroatoms. The number of carbonyl (C=O) groups excluding carboxylic acids is 2. The van der Waals surface area contributed by atoms with Crippen LogP contribution in [0.1, 0.15) is 52.4 Å². The number of allylic oxidation sites excluding steroid dienone is 1. The molecule has 2 aliphatic carbocycles. The predicted octanol–water partition coefficient (Wildman–Crippen LogP) is 3.17. The Bertz CT molecular complexity index is 651. The fraction of sp³-hybridized carbons (Fsp3) is 0.714. The van der Waals surface area contributed by atoms with Crippen LogP contribution in [0, 0.1) is 22.7 Å². The molecule has 2 fully saturated rings. The van der Waals surface area contributed by atoms with Crippen LogP contribution in [0.4, 0.5) is 0 Å². The maximum Gasteiger partial charge on any atom is 0.334 e. The smallest absolute Gasteiger partial charge is 0.334 e. The van der Waals surface area contributed by atoms with Crippen LogP contribution >= 0.6 is 0 Å². The Kier molecular flexibility index (Phi) is 5.04. The van der Waals surface area contributed by atoms with Gasteiger partial charge in [0.05, 0.1) is 18.6 Å². The van der Waals surface area contributed by atoms with Crippen molar-refractivity contribution >= 4 is 11.9 Å². The van der Waals surface area contributed by atoms with E-state index in [2.05, 4.69) is 13.5 Å². The van der Waals surface area contributed by atoms with Gasteiger partial charge in [-0.1, -0.05) is 19.1 Å². The molecule has 3 rings (SSSR count). The van der Waals surface area contributed by atoms with Gasteiger partial charge in [0.1, 0.15) is 6.61 Å². The van der Waals surface area contributed by atoms with Crippen LogP contribution in [-0.4, -0.2) is 36.9 Å². The number of aliphatic hydroxyl groups excluding tert-OH is 1. The lowest BCUT2D eigenvalue weighted by molar-refractivity contribution is -0.186. The summed E-state index contributed by atoms with van der Waals surface area (Å²) in [5.41, 5.74) is 0.904. The molecule has 0 unspecified atom stereocenters. The number of rotatable bonds is 4. The SMILES string of the molecule is C=C1CC[C@H]2[C@@](C)(CC[C@@H](O)[C@@]2(C)C(=O)OC)[C@@H]1CCC1=CCOC1=O. The number of hydrogen-bond donors (Lipinski definition) is 1. The molecule has 0 aromatic heterocycles. The Balaban J connectivity index is 1.87. The summed E-state index contributed by atoms with van der Waals surface area (Å²) < 4.78 is 10.1. The van der Waals surface area contributed by atoms with Crippen LogP contribution in [-0.2, 0) is 19.1 Å². The van der Waals surface area contributed by atoms with Gasteiger partial charge in [0.2, 0.25) is 0 Å². The minimum absolute atomic E-state index is 0.0335. The Labute approximate surface area is 155 Å². The first-order valence-electron chi connectivity index (χ1n) is 9.55. The van der Waals surface area contributed by atoms with Crippen LogP contribution in [0.15, 0.2) is 23.8 Å². The van der Waals surface area contributed by atoms with E-state index in [9.17, 15) is 14.7 Å². The summed E-state index contributed by atoms with van der Waals surface area (Å²) in [6.45, 7) is 8.76. The zero-order valence-electron chi connectivity index (χ0n) is 16.0. The lowest BCUT2D eigenvalue weighted by Gasteiger charge is -2.59. The summed E-state index contributed by atoms with van der Waals surface area (Å²) >= 11 is 0. The van der Waals surface area contributed by atoms with E-state index in [1.54, 1.807) is 0 Å². The highest BCUT2D eigenvalue weighted by Gasteiger charge is 2.61. The molecule has 26 heavy (non-hydrogen) atoms. The van der Waals surface area contributed by atoms with Crippen LogP contribution in [0.3, 0.4) is 0 Å². The summed E-state index contributed by atoms with van der Waals surface area (Å²) in [5, 5.41) is 10.7. The van der Waals surface area contributed by atoms with Crippen molar-refractivity contribution in [2.45, 2.75) is 58.5 Å². The number of fused-ring (bicyclic) bond motifs is 1. The number of cyclic esters (lactones) is 1. The zero-order valence-corrected chi connectivity index (χ0v) is 16.0. The van der Waals surface area contributed by atoms with Crippen molar-refractivity contribution in [3.63, 3.8) is 0 Å². The molecule has 1 aliphatic heterocycles. The third-order valence-electron chi connectivity index (χ3n) is 7.35. The van der Waals surface area contributed by atoms with Gasteiger partial charge in [-0.15, -0.1) is 0 Å². The lowest BCUT2D eigenvalue weighted by Crippen LogP contribution is -2.59. The molecule has 5 nitrogen and oxygen atoms in total. The predicted molar refractivity (Wildman–Crippen MR) is 97.1 cm³/mol. The third kappa shape index (κ3) is 2.81. The molecule has 0 spiro atoms. The lowest BCUT2D eigenvalue weighted by atomic mass is 9.46. The van der Waals surface area contributed by atoms with Crippen molar-refractivity contribution in [1.82, 2.24) is 0 Å². The largest absolute Gasteiger partial charge is 0.469 e. The van der Waals surface area contributed by atoms with Gasteiger partial charge in [-0.3, -0.25) is 4.79 Å². The van der Waals surface area contributed by atoms with Gasteiger partial charge in [0.15, 0.2) is 0 Å². The number of ether oxygens (including phenoxy) is 2. The quantitative estimate of drug-likeness (QED) is 0.614. The van der Waals surface area contributed by atoms with E-state index in [1.807, 2.05) is 13.0 Å². The van der Waals surface area contributed by atoms with Gasteiger partial charge in [-0.2, -0.15) is 0 Å². The van der Waals surface area contributed by atoms with Crippen molar-refractivity contribution in [1.29, 1.82) is 0 Å². The van der Waals surface area contributed by atoms with Crippen LogP contribution in [0.2, 0.25) is 0 Å². The molecule has 0 aromatic carbocycles.